The van der Waals surface area contributed by atoms with Crippen molar-refractivity contribution in [2.45, 2.75) is 6.92 Å². The van der Waals surface area contributed by atoms with E-state index in [1.54, 1.807) is 40.9 Å². The van der Waals surface area contributed by atoms with E-state index in [2.05, 4.69) is 44.0 Å². The summed E-state index contributed by atoms with van der Waals surface area (Å²) in [5.74, 6) is 0.135. The molecule has 0 spiro atoms. The number of halogens is 2. The topological polar surface area (TPSA) is 17.1 Å². The van der Waals surface area contributed by atoms with Gasteiger partial charge < -0.3 is 0 Å². The SMILES string of the molecule is CC(=O)c1cc2c3cc(Br)sc3c3sc(Br)cc3c2s1. The van der Waals surface area contributed by atoms with E-state index in [1.165, 1.54) is 30.3 Å². The molecule has 0 radical (unpaired) electrons. The predicted molar refractivity (Wildman–Crippen MR) is 98.0 cm³/mol. The second kappa shape index (κ2) is 4.61. The van der Waals surface area contributed by atoms with Gasteiger partial charge in [0.1, 0.15) is 0 Å². The molecule has 4 rings (SSSR count). The van der Waals surface area contributed by atoms with E-state index in [0.29, 0.717) is 0 Å². The van der Waals surface area contributed by atoms with E-state index in [4.69, 9.17) is 0 Å². The number of carbonyl (C=O) groups excluding carboxylic acids is 1. The van der Waals surface area contributed by atoms with Crippen molar-refractivity contribution in [2.24, 2.45) is 0 Å². The number of hydrogen-bond donors (Lipinski definition) is 0. The molecule has 0 aliphatic heterocycles. The zero-order chi connectivity index (χ0) is 14.0. The highest BCUT2D eigenvalue weighted by Gasteiger charge is 2.17. The average molecular weight is 446 g/mol. The van der Waals surface area contributed by atoms with Crippen LogP contribution in [0.2, 0.25) is 0 Å². The largest absolute Gasteiger partial charge is 0.294 e. The Kier molecular flexibility index (Phi) is 3.09. The Balaban J connectivity index is 2.33. The molecule has 0 saturated carbocycles. The first-order valence-electron chi connectivity index (χ1n) is 5.79. The Morgan fingerprint density at radius 3 is 2.05 bits per heavy atom. The van der Waals surface area contributed by atoms with Crippen LogP contribution >= 0.6 is 65.9 Å². The van der Waals surface area contributed by atoms with E-state index >= 15 is 0 Å². The molecule has 0 aliphatic rings. The number of benzene rings is 1. The lowest BCUT2D eigenvalue weighted by Gasteiger charge is -1.96. The number of ketones is 1. The molecule has 4 aromatic rings. The van der Waals surface area contributed by atoms with Gasteiger partial charge in [0.15, 0.2) is 5.78 Å². The summed E-state index contributed by atoms with van der Waals surface area (Å²) in [7, 11) is 0. The van der Waals surface area contributed by atoms with Gasteiger partial charge >= 0.3 is 0 Å². The van der Waals surface area contributed by atoms with Crippen LogP contribution in [0.3, 0.4) is 0 Å². The fourth-order valence-electron chi connectivity index (χ4n) is 2.39. The summed E-state index contributed by atoms with van der Waals surface area (Å²) in [5, 5.41) is 3.67. The zero-order valence-electron chi connectivity index (χ0n) is 10.1. The third-order valence-corrected chi connectivity index (χ3v) is 7.93. The van der Waals surface area contributed by atoms with Gasteiger partial charge in [-0.2, -0.15) is 0 Å². The van der Waals surface area contributed by atoms with Crippen LogP contribution in [0.5, 0.6) is 0 Å². The second-order valence-electron chi connectivity index (χ2n) is 4.50. The molecular weight excluding hydrogens is 440 g/mol. The molecule has 3 heterocycles. The number of Topliss-reactive ketones (excluding diaryl/α,β-unsaturated/α-hetero) is 1. The van der Waals surface area contributed by atoms with Crippen LogP contribution in [0.1, 0.15) is 16.6 Å². The van der Waals surface area contributed by atoms with Gasteiger partial charge in [0.05, 0.1) is 21.8 Å². The monoisotopic (exact) mass is 444 g/mol. The smallest absolute Gasteiger partial charge is 0.169 e. The minimum absolute atomic E-state index is 0.135. The lowest BCUT2D eigenvalue weighted by Crippen LogP contribution is -1.83. The van der Waals surface area contributed by atoms with Crippen molar-refractivity contribution in [3.8, 4) is 0 Å². The fraction of sp³-hybridized carbons (Fsp3) is 0.0714. The molecule has 6 heteroatoms. The third-order valence-electron chi connectivity index (χ3n) is 3.22. The molecule has 0 bridgehead atoms. The van der Waals surface area contributed by atoms with Crippen molar-refractivity contribution in [3.63, 3.8) is 0 Å². The van der Waals surface area contributed by atoms with Crippen molar-refractivity contribution >= 4 is 102 Å². The predicted octanol–water partition coefficient (Wildman–Crippen LogP) is 7.06. The Bertz CT molecular complexity index is 933. The zero-order valence-corrected chi connectivity index (χ0v) is 15.7. The van der Waals surface area contributed by atoms with Gasteiger partial charge in [0, 0.05) is 20.9 Å². The highest BCUT2D eigenvalue weighted by atomic mass is 79.9. The molecule has 0 fully saturated rings. The molecular formula is C14H6Br2OS3. The molecule has 0 N–H and O–H groups in total. The maximum atomic E-state index is 11.7. The molecule has 1 nitrogen and oxygen atoms in total. The quantitative estimate of drug-likeness (QED) is 0.286. The Morgan fingerprint density at radius 1 is 0.850 bits per heavy atom. The highest BCUT2D eigenvalue weighted by Crippen LogP contribution is 2.47. The lowest BCUT2D eigenvalue weighted by atomic mass is 10.1. The van der Waals surface area contributed by atoms with E-state index in [9.17, 15) is 4.79 Å². The first kappa shape index (κ1) is 13.4. The Hall–Kier alpha value is -0.270. The first-order valence-corrected chi connectivity index (χ1v) is 9.82. The number of hydrogen-bond acceptors (Lipinski definition) is 4. The van der Waals surface area contributed by atoms with E-state index in [1.807, 2.05) is 6.07 Å². The lowest BCUT2D eigenvalue weighted by molar-refractivity contribution is 0.102. The molecule has 100 valence electrons. The van der Waals surface area contributed by atoms with Crippen LogP contribution in [0.15, 0.2) is 25.8 Å². The summed E-state index contributed by atoms with van der Waals surface area (Å²) >= 11 is 12.3. The van der Waals surface area contributed by atoms with Crippen molar-refractivity contribution < 1.29 is 4.79 Å². The fourth-order valence-corrected chi connectivity index (χ4v) is 6.93. The molecule has 0 atom stereocenters. The van der Waals surface area contributed by atoms with Crippen molar-refractivity contribution in [2.75, 3.05) is 0 Å². The number of rotatable bonds is 1. The average Bonchev–Trinajstić information content (AvgIpc) is 3.02. The van der Waals surface area contributed by atoms with Crippen LogP contribution in [0.4, 0.5) is 0 Å². The highest BCUT2D eigenvalue weighted by molar-refractivity contribution is 9.11. The van der Waals surface area contributed by atoms with E-state index in [0.717, 1.165) is 12.4 Å². The third kappa shape index (κ3) is 1.85. The summed E-state index contributed by atoms with van der Waals surface area (Å²) < 4.78 is 6.06. The molecule has 0 saturated heterocycles. The Labute approximate surface area is 143 Å². The Morgan fingerprint density at radius 2 is 1.40 bits per heavy atom. The standard InChI is InChI=1S/C14H6Br2OS3/c1-5(17)9-2-6-7-3-10(15)19-13(7)14-8(12(6)18-9)4-11(16)20-14/h2-4H,1H3. The molecule has 0 aliphatic carbocycles. The van der Waals surface area contributed by atoms with E-state index < -0.39 is 0 Å². The normalized spacial score (nSPS) is 11.9. The van der Waals surface area contributed by atoms with Gasteiger partial charge in [-0.05, 0) is 57.0 Å². The van der Waals surface area contributed by atoms with Crippen LogP contribution in [-0.4, -0.2) is 5.78 Å². The summed E-state index contributed by atoms with van der Waals surface area (Å²) in [6, 6.07) is 6.36. The van der Waals surface area contributed by atoms with Gasteiger partial charge in [-0.15, -0.1) is 34.0 Å². The maximum absolute atomic E-state index is 11.7. The van der Waals surface area contributed by atoms with Crippen molar-refractivity contribution in [1.82, 2.24) is 0 Å². The van der Waals surface area contributed by atoms with Gasteiger partial charge in [0.2, 0.25) is 0 Å². The molecule has 1 aromatic carbocycles. The summed E-state index contributed by atoms with van der Waals surface area (Å²) in [5.41, 5.74) is 0. The van der Waals surface area contributed by atoms with Crippen LogP contribution in [0.25, 0.3) is 30.3 Å². The van der Waals surface area contributed by atoms with Crippen LogP contribution in [-0.2, 0) is 0 Å². The molecule has 3 aromatic heterocycles. The minimum Gasteiger partial charge on any atom is -0.294 e. The second-order valence-corrected chi connectivity index (χ2v) is 10.4. The molecule has 0 unspecified atom stereocenters. The van der Waals surface area contributed by atoms with Crippen LogP contribution in [0, 0.1) is 0 Å². The van der Waals surface area contributed by atoms with Gasteiger partial charge in [-0.25, -0.2) is 0 Å². The minimum atomic E-state index is 0.135. The molecule has 0 amide bonds. The maximum Gasteiger partial charge on any atom is 0.169 e. The van der Waals surface area contributed by atoms with Gasteiger partial charge in [-0.1, -0.05) is 0 Å². The number of thiophene rings is 3. The van der Waals surface area contributed by atoms with Crippen molar-refractivity contribution in [3.05, 3.63) is 30.6 Å². The first-order chi connectivity index (χ1) is 9.54. The molecule has 20 heavy (non-hydrogen) atoms. The number of fused-ring (bicyclic) bond motifs is 6. The summed E-state index contributed by atoms with van der Waals surface area (Å²) in [4.78, 5) is 12.5. The van der Waals surface area contributed by atoms with E-state index in [-0.39, 0.29) is 5.78 Å². The summed E-state index contributed by atoms with van der Waals surface area (Å²) in [6.07, 6.45) is 0. The van der Waals surface area contributed by atoms with Gasteiger partial charge in [0.25, 0.3) is 0 Å². The van der Waals surface area contributed by atoms with Crippen LogP contribution < -0.4 is 0 Å². The van der Waals surface area contributed by atoms with Gasteiger partial charge in [-0.3, -0.25) is 4.79 Å². The van der Waals surface area contributed by atoms with Crippen molar-refractivity contribution in [1.29, 1.82) is 0 Å². The summed E-state index contributed by atoms with van der Waals surface area (Å²) in [6.45, 7) is 1.63. The number of carbonyl (C=O) groups is 1.